The maximum Gasteiger partial charge on any atom is 0.194 e. The Morgan fingerprint density at radius 3 is 2.05 bits per heavy atom. The first-order chi connectivity index (χ1) is 21.2. The lowest BCUT2D eigenvalue weighted by atomic mass is 9.92. The summed E-state index contributed by atoms with van der Waals surface area (Å²) in [5.74, 6) is 1.29. The molecule has 0 atom stereocenters. The summed E-state index contributed by atoms with van der Waals surface area (Å²) in [6.45, 7) is 8.85. The van der Waals surface area contributed by atoms with Crippen molar-refractivity contribution in [3.63, 3.8) is 0 Å². The third-order valence-corrected chi connectivity index (χ3v) is 9.25. The molecule has 0 amide bonds. The fourth-order valence-corrected chi connectivity index (χ4v) is 6.52. The predicted octanol–water partition coefficient (Wildman–Crippen LogP) is 12.2. The minimum absolute atomic E-state index is 0.159. The molecular weight excluding hydrogens is 611 g/mol. The summed E-state index contributed by atoms with van der Waals surface area (Å²) in [6, 6.07) is 12.0. The minimum Gasteiger partial charge on any atom is -0.489 e. The molecule has 4 rings (SSSR count). The van der Waals surface area contributed by atoms with E-state index in [1.807, 2.05) is 12.1 Å². The summed E-state index contributed by atoms with van der Waals surface area (Å²) >= 11 is 20.0. The molecule has 0 saturated carbocycles. The maximum atomic E-state index is 6.68. The van der Waals surface area contributed by atoms with Crippen LogP contribution in [0.2, 0.25) is 15.1 Å². The van der Waals surface area contributed by atoms with Crippen molar-refractivity contribution in [1.82, 2.24) is 19.8 Å². The van der Waals surface area contributed by atoms with Crippen molar-refractivity contribution in [3.8, 4) is 17.1 Å². The van der Waals surface area contributed by atoms with Crippen LogP contribution < -0.4 is 4.74 Å². The normalized spacial score (nSPS) is 12.0. The third-order valence-electron chi connectivity index (χ3n) is 8.23. The number of H-pyrrole nitrogens is 1. The first-order valence-corrected chi connectivity index (χ1v) is 17.7. The van der Waals surface area contributed by atoms with Crippen LogP contribution in [-0.2, 0) is 18.4 Å². The molecule has 1 N–H and O–H groups in total. The lowest BCUT2D eigenvalue weighted by Gasteiger charge is -2.16. The van der Waals surface area contributed by atoms with Crippen LogP contribution in [0.1, 0.15) is 128 Å². The molecule has 0 bridgehead atoms. The monoisotopic (exact) mass is 658 g/mol. The van der Waals surface area contributed by atoms with E-state index in [9.17, 15) is 0 Å². The number of hydrogen-bond donors (Lipinski definition) is 1. The van der Waals surface area contributed by atoms with Gasteiger partial charge in [0.25, 0.3) is 0 Å². The number of fused-ring (bicyclic) bond motifs is 1. The molecule has 5 nitrogen and oxygen atoms in total. The van der Waals surface area contributed by atoms with Crippen molar-refractivity contribution in [2.45, 2.75) is 130 Å². The number of hydrogen-bond acceptors (Lipinski definition) is 3. The highest BCUT2D eigenvalue weighted by atomic mass is 35.5. The van der Waals surface area contributed by atoms with Gasteiger partial charge in [-0.15, -0.1) is 5.10 Å². The van der Waals surface area contributed by atoms with Crippen LogP contribution in [0, 0.1) is 0 Å². The molecule has 2 aromatic heterocycles. The van der Waals surface area contributed by atoms with Gasteiger partial charge in [-0.2, -0.15) is 4.63 Å². The first-order valence-electron chi connectivity index (χ1n) is 16.5. The van der Waals surface area contributed by atoms with E-state index < -0.39 is 0 Å². The summed E-state index contributed by atoms with van der Waals surface area (Å²) in [5.41, 5.74) is 4.04. The van der Waals surface area contributed by atoms with Gasteiger partial charge >= 0.3 is 0 Å². The highest BCUT2D eigenvalue weighted by molar-refractivity contribution is 6.36. The molecule has 8 heteroatoms. The zero-order valence-electron chi connectivity index (χ0n) is 27.0. The molecule has 0 fully saturated rings. The van der Waals surface area contributed by atoms with Gasteiger partial charge in [-0.1, -0.05) is 152 Å². The number of aryl methyl sites for hydroxylation is 1. The molecule has 2 aromatic carbocycles. The van der Waals surface area contributed by atoms with Crippen molar-refractivity contribution in [2.24, 2.45) is 0 Å². The molecule has 0 aliphatic heterocycles. The van der Waals surface area contributed by atoms with Gasteiger partial charge in [0.05, 0.1) is 10.7 Å². The average molecular weight is 660 g/mol. The second kappa shape index (κ2) is 16.9. The van der Waals surface area contributed by atoms with E-state index >= 15 is 0 Å². The van der Waals surface area contributed by atoms with Crippen molar-refractivity contribution in [3.05, 3.63) is 68.3 Å². The number of halogens is 3. The number of ether oxygens (including phenoxy) is 1. The average Bonchev–Trinajstić information content (AvgIpc) is 3.55. The van der Waals surface area contributed by atoms with Crippen molar-refractivity contribution < 1.29 is 4.74 Å². The number of rotatable bonds is 18. The number of aromatic amines is 1. The summed E-state index contributed by atoms with van der Waals surface area (Å²) < 4.78 is 7.72. The van der Waals surface area contributed by atoms with Crippen LogP contribution in [0.5, 0.6) is 5.75 Å². The minimum atomic E-state index is -0.159. The molecule has 0 aliphatic carbocycles. The molecule has 0 unspecified atom stereocenters. The zero-order valence-corrected chi connectivity index (χ0v) is 29.2. The molecule has 4 aromatic rings. The number of unbranched alkanes of at least 4 members (excludes halogenated alkanes) is 12. The van der Waals surface area contributed by atoms with E-state index in [2.05, 4.69) is 61.1 Å². The number of nitrogens with one attached hydrogen (secondary N) is 1. The summed E-state index contributed by atoms with van der Waals surface area (Å²) in [5, 5.41) is 9.41. The number of nitrogens with zero attached hydrogens (tertiary/aromatic N) is 3. The Bertz CT molecular complexity index is 1470. The van der Waals surface area contributed by atoms with Crippen LogP contribution in [0.4, 0.5) is 0 Å². The molecule has 240 valence electrons. The molecule has 0 aliphatic rings. The van der Waals surface area contributed by atoms with E-state index in [0.717, 1.165) is 23.4 Å². The van der Waals surface area contributed by atoms with Gasteiger partial charge < -0.3 is 4.74 Å². The van der Waals surface area contributed by atoms with Crippen LogP contribution in [0.3, 0.4) is 0 Å². The van der Waals surface area contributed by atoms with Crippen LogP contribution in [-0.4, -0.2) is 19.8 Å². The van der Waals surface area contributed by atoms with Crippen molar-refractivity contribution in [1.29, 1.82) is 0 Å². The van der Waals surface area contributed by atoms with E-state index in [1.165, 1.54) is 89.0 Å². The second-order valence-electron chi connectivity index (χ2n) is 13.1. The Kier molecular flexibility index (Phi) is 13.3. The molecule has 44 heavy (non-hydrogen) atoms. The molecule has 0 spiro atoms. The number of benzene rings is 2. The Morgan fingerprint density at radius 2 is 1.43 bits per heavy atom. The van der Waals surface area contributed by atoms with Crippen molar-refractivity contribution in [2.75, 3.05) is 0 Å². The Labute approximate surface area is 279 Å². The molecule has 2 heterocycles. The van der Waals surface area contributed by atoms with Crippen molar-refractivity contribution >= 4 is 40.4 Å². The van der Waals surface area contributed by atoms with Gasteiger partial charge in [0.1, 0.15) is 17.4 Å². The van der Waals surface area contributed by atoms with Gasteiger partial charge in [0.15, 0.2) is 11.5 Å². The van der Waals surface area contributed by atoms with E-state index in [4.69, 9.17) is 39.5 Å². The van der Waals surface area contributed by atoms with Gasteiger partial charge in [0, 0.05) is 21.6 Å². The lowest BCUT2D eigenvalue weighted by molar-refractivity contribution is 0.306. The zero-order chi connectivity index (χ0) is 31.5. The van der Waals surface area contributed by atoms with Gasteiger partial charge in [-0.05, 0) is 42.7 Å². The van der Waals surface area contributed by atoms with E-state index in [0.29, 0.717) is 38.7 Å². The predicted molar refractivity (Wildman–Crippen MR) is 187 cm³/mol. The van der Waals surface area contributed by atoms with Crippen LogP contribution in [0.15, 0.2) is 36.4 Å². The first kappa shape index (κ1) is 34.7. The largest absolute Gasteiger partial charge is 0.489 e. The van der Waals surface area contributed by atoms with Crippen LogP contribution >= 0.6 is 34.8 Å². The standard InChI is InChI=1S/C36H49Cl3N4O/c1-5-6-7-8-9-10-11-12-13-14-15-16-17-19-26-20-18-21-28(22-26)44-25-27-23-31(38)29(24-30(27)37)34-40-35-32(39)33(36(2,3)4)41-43(35)42-34/h18,20-24,41H,5-17,19,25H2,1-4H3. The smallest absolute Gasteiger partial charge is 0.194 e. The Hall–Kier alpha value is -2.21. The molecule has 0 radical (unpaired) electrons. The van der Waals surface area contributed by atoms with Gasteiger partial charge in [-0.3, -0.25) is 5.10 Å². The highest BCUT2D eigenvalue weighted by Gasteiger charge is 2.25. The van der Waals surface area contributed by atoms with Crippen LogP contribution in [0.25, 0.3) is 17.0 Å². The van der Waals surface area contributed by atoms with E-state index in [1.54, 1.807) is 10.7 Å². The highest BCUT2D eigenvalue weighted by Crippen LogP contribution is 2.35. The Morgan fingerprint density at radius 1 is 0.795 bits per heavy atom. The van der Waals surface area contributed by atoms with Gasteiger partial charge in [-0.25, -0.2) is 4.98 Å². The lowest BCUT2D eigenvalue weighted by Crippen LogP contribution is -2.13. The molecule has 0 saturated heterocycles. The fraction of sp³-hybridized carbons (Fsp3) is 0.556. The number of aromatic nitrogens is 4. The maximum absolute atomic E-state index is 6.68. The second-order valence-corrected chi connectivity index (χ2v) is 14.3. The summed E-state index contributed by atoms with van der Waals surface area (Å²) in [7, 11) is 0. The fourth-order valence-electron chi connectivity index (χ4n) is 5.58. The van der Waals surface area contributed by atoms with E-state index in [-0.39, 0.29) is 5.41 Å². The summed E-state index contributed by atoms with van der Waals surface area (Å²) in [4.78, 5) is 4.63. The molecular formula is C36H49Cl3N4O. The summed E-state index contributed by atoms with van der Waals surface area (Å²) in [6.07, 6.45) is 18.9. The SMILES string of the molecule is CCCCCCCCCCCCCCCc1cccc(OCc2cc(Cl)c(-c3nc4c(Cl)c(C(C)(C)C)[nH]n4n3)cc2Cl)c1. The van der Waals surface area contributed by atoms with Gasteiger partial charge in [0.2, 0.25) is 0 Å². The topological polar surface area (TPSA) is 55.2 Å². The quantitative estimate of drug-likeness (QED) is 0.108. The third kappa shape index (κ3) is 9.89. The Balaban J connectivity index is 1.21.